The van der Waals surface area contributed by atoms with Crippen molar-refractivity contribution in [2.75, 3.05) is 13.2 Å². The van der Waals surface area contributed by atoms with Crippen LogP contribution in [-0.4, -0.2) is 30.3 Å². The average molecular weight is 304 g/mol. The van der Waals surface area contributed by atoms with Crippen LogP contribution in [0.3, 0.4) is 0 Å². The minimum Gasteiger partial charge on any atom is -0.396 e. The van der Waals surface area contributed by atoms with Crippen molar-refractivity contribution in [2.24, 2.45) is 11.3 Å². The van der Waals surface area contributed by atoms with Crippen molar-refractivity contribution in [3.05, 3.63) is 35.4 Å². The van der Waals surface area contributed by atoms with Gasteiger partial charge in [0.2, 0.25) is 0 Å². The fourth-order valence-corrected chi connectivity index (χ4v) is 3.23. The van der Waals surface area contributed by atoms with Crippen molar-refractivity contribution in [3.8, 4) is 0 Å². The first-order chi connectivity index (χ1) is 10.4. The van der Waals surface area contributed by atoms with Gasteiger partial charge in [0.15, 0.2) is 0 Å². The summed E-state index contributed by atoms with van der Waals surface area (Å²) in [5.74, 6) is 0.309. The molecule has 0 heterocycles. The lowest BCUT2D eigenvalue weighted by Gasteiger charge is -2.26. The summed E-state index contributed by atoms with van der Waals surface area (Å²) in [5, 5.41) is 15.1. The van der Waals surface area contributed by atoms with Crippen LogP contribution in [0, 0.1) is 11.3 Å². The monoisotopic (exact) mass is 304 g/mol. The van der Waals surface area contributed by atoms with Crippen LogP contribution in [0.25, 0.3) is 0 Å². The Morgan fingerprint density at radius 1 is 1.27 bits per heavy atom. The number of aliphatic hydroxyl groups is 1. The summed E-state index contributed by atoms with van der Waals surface area (Å²) >= 11 is 0. The highest BCUT2D eigenvalue weighted by Crippen LogP contribution is 2.35. The minimum absolute atomic E-state index is 0.0126. The number of carbonyl (C=O) groups excluding carboxylic acids is 1. The molecule has 0 aliphatic heterocycles. The fourth-order valence-electron chi connectivity index (χ4n) is 3.23. The maximum atomic E-state index is 12.1. The predicted molar refractivity (Wildman–Crippen MR) is 88.8 cm³/mol. The normalized spacial score (nSPS) is 17.1. The molecule has 0 aromatic heterocycles. The second kappa shape index (κ2) is 7.14. The summed E-state index contributed by atoms with van der Waals surface area (Å²) in [6.45, 7) is 7.08. The van der Waals surface area contributed by atoms with Crippen molar-refractivity contribution in [3.63, 3.8) is 0 Å². The summed E-state index contributed by atoms with van der Waals surface area (Å²) in [4.78, 5) is 12.1. The Morgan fingerprint density at radius 3 is 2.36 bits per heavy atom. The molecule has 4 nitrogen and oxygen atoms in total. The van der Waals surface area contributed by atoms with Gasteiger partial charge >= 0.3 is 6.03 Å². The molecule has 0 bridgehead atoms. The van der Waals surface area contributed by atoms with Gasteiger partial charge in [-0.25, -0.2) is 4.79 Å². The van der Waals surface area contributed by atoms with E-state index >= 15 is 0 Å². The molecule has 1 aromatic rings. The zero-order valence-electron chi connectivity index (χ0n) is 13.9. The maximum Gasteiger partial charge on any atom is 0.315 e. The maximum absolute atomic E-state index is 12.1. The number of carbonyl (C=O) groups is 1. The lowest BCUT2D eigenvalue weighted by Crippen LogP contribution is -2.47. The fraction of sp³-hybridized carbons (Fsp3) is 0.611. The summed E-state index contributed by atoms with van der Waals surface area (Å²) in [7, 11) is 0. The molecular formula is C18H28N2O2. The van der Waals surface area contributed by atoms with Gasteiger partial charge in [-0.2, -0.15) is 0 Å². The molecule has 22 heavy (non-hydrogen) atoms. The topological polar surface area (TPSA) is 61.4 Å². The highest BCUT2D eigenvalue weighted by atomic mass is 16.3. The number of fused-ring (bicyclic) bond motifs is 1. The molecule has 122 valence electrons. The smallest absolute Gasteiger partial charge is 0.315 e. The molecule has 2 rings (SSSR count). The second-order valence-corrected chi connectivity index (χ2v) is 7.12. The first-order valence-electron chi connectivity index (χ1n) is 8.15. The van der Waals surface area contributed by atoms with Crippen LogP contribution in [0.5, 0.6) is 0 Å². The zero-order valence-corrected chi connectivity index (χ0v) is 13.9. The molecule has 0 spiro atoms. The van der Waals surface area contributed by atoms with E-state index in [1.54, 1.807) is 0 Å². The first kappa shape index (κ1) is 16.8. The van der Waals surface area contributed by atoms with E-state index in [4.69, 9.17) is 5.11 Å². The van der Waals surface area contributed by atoms with Crippen molar-refractivity contribution in [1.82, 2.24) is 10.6 Å². The third-order valence-electron chi connectivity index (χ3n) is 4.59. The number of aliphatic hydroxyl groups excluding tert-OH is 1. The summed E-state index contributed by atoms with van der Waals surface area (Å²) in [5.41, 5.74) is 2.88. The molecule has 0 radical (unpaired) electrons. The number of hydrogen-bond donors (Lipinski definition) is 3. The highest BCUT2D eigenvalue weighted by Gasteiger charge is 2.33. The van der Waals surface area contributed by atoms with Crippen molar-refractivity contribution >= 4 is 6.03 Å². The lowest BCUT2D eigenvalue weighted by atomic mass is 9.87. The molecular weight excluding hydrogens is 276 g/mol. The molecule has 1 aliphatic carbocycles. The van der Waals surface area contributed by atoms with Crippen molar-refractivity contribution in [1.29, 1.82) is 0 Å². The quantitative estimate of drug-likeness (QED) is 0.756. The Labute approximate surface area is 133 Å². The average Bonchev–Trinajstić information content (AvgIpc) is 2.81. The Balaban J connectivity index is 1.84. The van der Waals surface area contributed by atoms with Crippen molar-refractivity contribution < 1.29 is 9.90 Å². The summed E-state index contributed by atoms with van der Waals surface area (Å²) in [6, 6.07) is 8.38. The van der Waals surface area contributed by atoms with Gasteiger partial charge in [-0.3, -0.25) is 0 Å². The van der Waals surface area contributed by atoms with E-state index in [1.165, 1.54) is 11.1 Å². The lowest BCUT2D eigenvalue weighted by molar-refractivity contribution is 0.213. The Kier molecular flexibility index (Phi) is 5.46. The number of benzene rings is 1. The standard InChI is InChI=1S/C18H28N2O2/c1-13(2)16(8-9-21)20-17(22)19-12-18(3)10-14-6-4-5-7-15(14)11-18/h4-7,13,16,21H,8-12H2,1-3H3,(H2,19,20,22). The Bertz CT molecular complexity index is 489. The van der Waals surface area contributed by atoms with E-state index in [-0.39, 0.29) is 24.1 Å². The van der Waals surface area contributed by atoms with Gasteiger partial charge in [-0.1, -0.05) is 45.0 Å². The largest absolute Gasteiger partial charge is 0.396 e. The van der Waals surface area contributed by atoms with Crippen LogP contribution < -0.4 is 10.6 Å². The van der Waals surface area contributed by atoms with Crippen LogP contribution in [0.4, 0.5) is 4.79 Å². The molecule has 1 unspecified atom stereocenters. The SMILES string of the molecule is CC(C)C(CCO)NC(=O)NCC1(C)Cc2ccccc2C1. The molecule has 3 N–H and O–H groups in total. The highest BCUT2D eigenvalue weighted by molar-refractivity contribution is 5.74. The van der Waals surface area contributed by atoms with Gasteiger partial charge in [0.25, 0.3) is 0 Å². The van der Waals surface area contributed by atoms with Gasteiger partial charge in [-0.15, -0.1) is 0 Å². The molecule has 1 aromatic carbocycles. The van der Waals surface area contributed by atoms with Gasteiger partial charge in [0, 0.05) is 19.2 Å². The zero-order chi connectivity index (χ0) is 16.2. The van der Waals surface area contributed by atoms with Crippen LogP contribution in [0.15, 0.2) is 24.3 Å². The number of hydrogen-bond acceptors (Lipinski definition) is 2. The van der Waals surface area contributed by atoms with Gasteiger partial charge in [0.1, 0.15) is 0 Å². The molecule has 1 atom stereocenters. The minimum atomic E-state index is -0.135. The Morgan fingerprint density at radius 2 is 1.86 bits per heavy atom. The molecule has 4 heteroatoms. The van der Waals surface area contributed by atoms with Crippen LogP contribution in [-0.2, 0) is 12.8 Å². The van der Waals surface area contributed by atoms with Gasteiger partial charge < -0.3 is 15.7 Å². The third kappa shape index (κ3) is 4.23. The predicted octanol–water partition coefficient (Wildman–Crippen LogP) is 2.50. The van der Waals surface area contributed by atoms with Crippen molar-refractivity contribution in [2.45, 2.75) is 46.1 Å². The number of rotatable bonds is 6. The van der Waals surface area contributed by atoms with Crippen LogP contribution >= 0.6 is 0 Å². The van der Waals surface area contributed by atoms with Crippen LogP contribution in [0.2, 0.25) is 0 Å². The number of amides is 2. The van der Waals surface area contributed by atoms with E-state index in [0.29, 0.717) is 18.9 Å². The van der Waals surface area contributed by atoms with E-state index in [2.05, 4.69) is 55.7 Å². The first-order valence-corrected chi connectivity index (χ1v) is 8.15. The van der Waals surface area contributed by atoms with Gasteiger partial charge in [0.05, 0.1) is 0 Å². The molecule has 1 aliphatic rings. The van der Waals surface area contributed by atoms with E-state index < -0.39 is 0 Å². The molecule has 0 saturated carbocycles. The Hall–Kier alpha value is -1.55. The third-order valence-corrected chi connectivity index (χ3v) is 4.59. The van der Waals surface area contributed by atoms with Crippen LogP contribution in [0.1, 0.15) is 38.3 Å². The summed E-state index contributed by atoms with van der Waals surface area (Å²) in [6.07, 6.45) is 2.61. The second-order valence-electron chi connectivity index (χ2n) is 7.12. The molecule has 2 amide bonds. The number of nitrogens with one attached hydrogen (secondary N) is 2. The van der Waals surface area contributed by atoms with E-state index in [9.17, 15) is 4.79 Å². The number of urea groups is 1. The molecule has 0 fully saturated rings. The van der Waals surface area contributed by atoms with Gasteiger partial charge in [-0.05, 0) is 41.7 Å². The summed E-state index contributed by atoms with van der Waals surface area (Å²) < 4.78 is 0. The molecule has 0 saturated heterocycles. The van der Waals surface area contributed by atoms with E-state index in [0.717, 1.165) is 12.8 Å². The van der Waals surface area contributed by atoms with E-state index in [1.807, 2.05) is 0 Å².